The molecule has 0 aliphatic carbocycles. The van der Waals surface area contributed by atoms with Gasteiger partial charge in [-0.2, -0.15) is 0 Å². The minimum absolute atomic E-state index is 0.526. The summed E-state index contributed by atoms with van der Waals surface area (Å²) in [6.07, 6.45) is 0.0644. The molecule has 0 saturated carbocycles. The van der Waals surface area contributed by atoms with Gasteiger partial charge in [0, 0.05) is 25.2 Å². The highest BCUT2D eigenvalue weighted by molar-refractivity contribution is 5.38. The number of hydrogen-bond acceptors (Lipinski definition) is 3. The zero-order chi connectivity index (χ0) is 12.0. The van der Waals surface area contributed by atoms with E-state index in [2.05, 4.69) is 0 Å². The Morgan fingerprint density at radius 1 is 1.38 bits per heavy atom. The van der Waals surface area contributed by atoms with Crippen LogP contribution in [0.3, 0.4) is 0 Å². The van der Waals surface area contributed by atoms with Gasteiger partial charge in [-0.3, -0.25) is 0 Å². The minimum atomic E-state index is -0.526. The van der Waals surface area contributed by atoms with Gasteiger partial charge in [0.05, 0.1) is 13.2 Å². The molecule has 0 bridgehead atoms. The second-order valence-electron chi connectivity index (χ2n) is 3.75. The standard InChI is InChI=1S/C13H20O3/c1-4-16-8-7-12(14)11-9-10(2)5-6-13(11)15-3/h5-6,9,12,14H,4,7-8H2,1-3H3. The monoisotopic (exact) mass is 224 g/mol. The van der Waals surface area contributed by atoms with E-state index in [9.17, 15) is 5.11 Å². The third-order valence-corrected chi connectivity index (χ3v) is 2.48. The van der Waals surface area contributed by atoms with E-state index in [1.807, 2.05) is 32.0 Å². The molecule has 1 aromatic rings. The maximum Gasteiger partial charge on any atom is 0.124 e. The average molecular weight is 224 g/mol. The summed E-state index contributed by atoms with van der Waals surface area (Å²) in [5, 5.41) is 10.0. The Balaban J connectivity index is 2.72. The number of benzene rings is 1. The first-order valence-corrected chi connectivity index (χ1v) is 5.59. The molecule has 0 amide bonds. The quantitative estimate of drug-likeness (QED) is 0.754. The molecular formula is C13H20O3. The zero-order valence-corrected chi connectivity index (χ0v) is 10.2. The molecule has 0 heterocycles. The average Bonchev–Trinajstić information content (AvgIpc) is 2.29. The molecule has 1 unspecified atom stereocenters. The number of aliphatic hydroxyl groups excluding tert-OH is 1. The first kappa shape index (κ1) is 13.0. The van der Waals surface area contributed by atoms with Gasteiger partial charge >= 0.3 is 0 Å². The van der Waals surface area contributed by atoms with E-state index >= 15 is 0 Å². The topological polar surface area (TPSA) is 38.7 Å². The Hall–Kier alpha value is -1.06. The van der Waals surface area contributed by atoms with Crippen molar-refractivity contribution in [3.63, 3.8) is 0 Å². The van der Waals surface area contributed by atoms with Crippen molar-refractivity contribution in [2.75, 3.05) is 20.3 Å². The molecule has 3 nitrogen and oxygen atoms in total. The van der Waals surface area contributed by atoms with E-state index in [-0.39, 0.29) is 0 Å². The Morgan fingerprint density at radius 2 is 2.12 bits per heavy atom. The third-order valence-electron chi connectivity index (χ3n) is 2.48. The molecule has 0 saturated heterocycles. The van der Waals surface area contributed by atoms with E-state index in [1.165, 1.54) is 0 Å². The number of hydrogen-bond donors (Lipinski definition) is 1. The third kappa shape index (κ3) is 3.51. The molecule has 16 heavy (non-hydrogen) atoms. The van der Waals surface area contributed by atoms with E-state index in [1.54, 1.807) is 7.11 Å². The molecule has 3 heteroatoms. The first-order chi connectivity index (χ1) is 7.69. The van der Waals surface area contributed by atoms with Crippen molar-refractivity contribution in [3.8, 4) is 5.75 Å². The summed E-state index contributed by atoms with van der Waals surface area (Å²) in [6, 6.07) is 5.81. The SMILES string of the molecule is CCOCCC(O)c1cc(C)ccc1OC. The number of aryl methyl sites for hydroxylation is 1. The van der Waals surface area contributed by atoms with Crippen molar-refractivity contribution < 1.29 is 14.6 Å². The van der Waals surface area contributed by atoms with Gasteiger partial charge in [0.2, 0.25) is 0 Å². The van der Waals surface area contributed by atoms with Gasteiger partial charge < -0.3 is 14.6 Å². The summed E-state index contributed by atoms with van der Waals surface area (Å²) in [5.74, 6) is 0.731. The lowest BCUT2D eigenvalue weighted by Crippen LogP contribution is -2.05. The molecule has 0 aliphatic heterocycles. The van der Waals surface area contributed by atoms with E-state index in [4.69, 9.17) is 9.47 Å². The Kier molecular flexibility index (Phi) is 5.29. The fourth-order valence-corrected chi connectivity index (χ4v) is 1.61. The lowest BCUT2D eigenvalue weighted by Gasteiger charge is -2.15. The van der Waals surface area contributed by atoms with Crippen LogP contribution in [0, 0.1) is 6.92 Å². The fraction of sp³-hybridized carbons (Fsp3) is 0.538. The van der Waals surface area contributed by atoms with Crippen molar-refractivity contribution in [3.05, 3.63) is 29.3 Å². The normalized spacial score (nSPS) is 12.5. The summed E-state index contributed by atoms with van der Waals surface area (Å²) in [6.45, 7) is 5.18. The molecule has 0 fully saturated rings. The van der Waals surface area contributed by atoms with Crippen LogP contribution in [-0.4, -0.2) is 25.4 Å². The van der Waals surface area contributed by atoms with Gasteiger partial charge in [0.1, 0.15) is 5.75 Å². The van der Waals surface area contributed by atoms with E-state index < -0.39 is 6.10 Å². The predicted molar refractivity (Wildman–Crippen MR) is 63.8 cm³/mol. The highest BCUT2D eigenvalue weighted by Crippen LogP contribution is 2.28. The highest BCUT2D eigenvalue weighted by Gasteiger charge is 2.13. The molecule has 1 rings (SSSR count). The Bertz CT molecular complexity index is 323. The lowest BCUT2D eigenvalue weighted by molar-refractivity contribution is 0.0873. The molecular weight excluding hydrogens is 204 g/mol. The van der Waals surface area contributed by atoms with Gasteiger partial charge in [-0.05, 0) is 26.0 Å². The Labute approximate surface area is 97.0 Å². The Morgan fingerprint density at radius 3 is 2.75 bits per heavy atom. The maximum atomic E-state index is 10.0. The largest absolute Gasteiger partial charge is 0.496 e. The van der Waals surface area contributed by atoms with Crippen LogP contribution in [0.1, 0.15) is 30.6 Å². The summed E-state index contributed by atoms with van der Waals surface area (Å²) < 4.78 is 10.5. The summed E-state index contributed by atoms with van der Waals surface area (Å²) in [7, 11) is 1.61. The van der Waals surface area contributed by atoms with Crippen LogP contribution < -0.4 is 4.74 Å². The number of ether oxygens (including phenoxy) is 2. The van der Waals surface area contributed by atoms with Gasteiger partial charge in [0.15, 0.2) is 0 Å². The molecule has 1 N–H and O–H groups in total. The van der Waals surface area contributed by atoms with Crippen LogP contribution in [0.2, 0.25) is 0 Å². The number of methoxy groups -OCH3 is 1. The fourth-order valence-electron chi connectivity index (χ4n) is 1.61. The lowest BCUT2D eigenvalue weighted by atomic mass is 10.0. The summed E-state index contributed by atoms with van der Waals surface area (Å²) in [5.41, 5.74) is 1.95. The number of rotatable bonds is 6. The van der Waals surface area contributed by atoms with Gasteiger partial charge in [-0.1, -0.05) is 11.6 Å². The molecule has 0 aliphatic rings. The first-order valence-electron chi connectivity index (χ1n) is 5.59. The van der Waals surface area contributed by atoms with Crippen molar-refractivity contribution in [1.29, 1.82) is 0 Å². The van der Waals surface area contributed by atoms with Gasteiger partial charge in [-0.15, -0.1) is 0 Å². The van der Waals surface area contributed by atoms with Gasteiger partial charge in [0.25, 0.3) is 0 Å². The smallest absolute Gasteiger partial charge is 0.124 e. The van der Waals surface area contributed by atoms with Crippen molar-refractivity contribution in [2.45, 2.75) is 26.4 Å². The molecule has 0 radical (unpaired) electrons. The second-order valence-corrected chi connectivity index (χ2v) is 3.75. The second kappa shape index (κ2) is 6.51. The highest BCUT2D eigenvalue weighted by atomic mass is 16.5. The van der Waals surface area contributed by atoms with E-state index in [0.29, 0.717) is 19.6 Å². The maximum absolute atomic E-state index is 10.0. The van der Waals surface area contributed by atoms with Crippen LogP contribution in [0.4, 0.5) is 0 Å². The van der Waals surface area contributed by atoms with Crippen LogP contribution in [0.15, 0.2) is 18.2 Å². The molecule has 90 valence electrons. The molecule has 0 spiro atoms. The van der Waals surface area contributed by atoms with Crippen molar-refractivity contribution in [2.24, 2.45) is 0 Å². The van der Waals surface area contributed by atoms with Crippen molar-refractivity contribution >= 4 is 0 Å². The number of aliphatic hydroxyl groups is 1. The van der Waals surface area contributed by atoms with E-state index in [0.717, 1.165) is 16.9 Å². The zero-order valence-electron chi connectivity index (χ0n) is 10.2. The van der Waals surface area contributed by atoms with Crippen LogP contribution in [0.5, 0.6) is 5.75 Å². The summed E-state index contributed by atoms with van der Waals surface area (Å²) >= 11 is 0. The van der Waals surface area contributed by atoms with Crippen LogP contribution >= 0.6 is 0 Å². The van der Waals surface area contributed by atoms with Crippen LogP contribution in [-0.2, 0) is 4.74 Å². The van der Waals surface area contributed by atoms with Crippen LogP contribution in [0.25, 0.3) is 0 Å². The predicted octanol–water partition coefficient (Wildman–Crippen LogP) is 2.46. The molecule has 1 atom stereocenters. The summed E-state index contributed by atoms with van der Waals surface area (Å²) in [4.78, 5) is 0. The molecule has 1 aromatic carbocycles. The minimum Gasteiger partial charge on any atom is -0.496 e. The molecule has 0 aromatic heterocycles. The van der Waals surface area contributed by atoms with Gasteiger partial charge in [-0.25, -0.2) is 0 Å². The van der Waals surface area contributed by atoms with Crippen molar-refractivity contribution in [1.82, 2.24) is 0 Å².